The van der Waals surface area contributed by atoms with Crippen LogP contribution in [0.1, 0.15) is 19.3 Å². The Morgan fingerprint density at radius 1 is 1.47 bits per heavy atom. The monoisotopic (exact) mass is 239 g/mol. The predicted molar refractivity (Wildman–Crippen MR) is 64.4 cm³/mol. The molecule has 5 heteroatoms. The molecule has 0 bridgehead atoms. The second kappa shape index (κ2) is 5.49. The molecule has 2 amide bonds. The molecule has 2 heterocycles. The summed E-state index contributed by atoms with van der Waals surface area (Å²) in [6.45, 7) is 3.67. The van der Waals surface area contributed by atoms with E-state index in [4.69, 9.17) is 0 Å². The van der Waals surface area contributed by atoms with Gasteiger partial charge in [-0.2, -0.15) is 0 Å². The van der Waals surface area contributed by atoms with Crippen molar-refractivity contribution in [3.05, 3.63) is 0 Å². The van der Waals surface area contributed by atoms with Gasteiger partial charge in [0.05, 0.1) is 6.54 Å². The van der Waals surface area contributed by atoms with E-state index in [1.165, 1.54) is 0 Å². The van der Waals surface area contributed by atoms with E-state index in [2.05, 4.69) is 5.32 Å². The molecule has 0 aromatic rings. The highest BCUT2D eigenvalue weighted by Gasteiger charge is 2.29. The summed E-state index contributed by atoms with van der Waals surface area (Å²) in [5.41, 5.74) is 0. The molecule has 0 saturated carbocycles. The van der Waals surface area contributed by atoms with Crippen molar-refractivity contribution >= 4 is 11.8 Å². The first-order valence-corrected chi connectivity index (χ1v) is 6.41. The number of amides is 2. The molecule has 0 aromatic heterocycles. The van der Waals surface area contributed by atoms with Crippen LogP contribution in [0.15, 0.2) is 0 Å². The molecular weight excluding hydrogens is 218 g/mol. The Bertz CT molecular complexity index is 306. The van der Waals surface area contributed by atoms with Crippen molar-refractivity contribution in [2.24, 2.45) is 5.92 Å². The Hall–Kier alpha value is -1.10. The third-order valence-electron chi connectivity index (χ3n) is 3.63. The van der Waals surface area contributed by atoms with Crippen molar-refractivity contribution in [2.45, 2.75) is 19.3 Å². The summed E-state index contributed by atoms with van der Waals surface area (Å²) in [4.78, 5) is 27.0. The van der Waals surface area contributed by atoms with E-state index in [0.29, 0.717) is 12.3 Å². The molecule has 0 aromatic carbocycles. The van der Waals surface area contributed by atoms with Crippen LogP contribution in [0.25, 0.3) is 0 Å². The van der Waals surface area contributed by atoms with E-state index in [0.717, 1.165) is 39.0 Å². The minimum atomic E-state index is 0.110. The summed E-state index contributed by atoms with van der Waals surface area (Å²) in [5, 5.41) is 3.15. The number of carbonyl (C=O) groups excluding carboxylic acids is 2. The SMILES string of the molecule is CNCC1CCN(C(=O)CN2CCCC2=O)C1. The molecule has 1 N–H and O–H groups in total. The molecule has 2 aliphatic rings. The lowest BCUT2D eigenvalue weighted by Gasteiger charge is -2.21. The molecule has 2 rings (SSSR count). The zero-order chi connectivity index (χ0) is 12.3. The Labute approximate surface area is 102 Å². The summed E-state index contributed by atoms with van der Waals surface area (Å²) in [7, 11) is 1.94. The van der Waals surface area contributed by atoms with Gasteiger partial charge < -0.3 is 15.1 Å². The Balaban J connectivity index is 1.79. The van der Waals surface area contributed by atoms with E-state index < -0.39 is 0 Å². The molecule has 2 aliphatic heterocycles. The lowest BCUT2D eigenvalue weighted by atomic mass is 10.1. The van der Waals surface area contributed by atoms with Gasteiger partial charge in [-0.25, -0.2) is 0 Å². The standard InChI is InChI=1S/C12H21N3O2/c1-13-7-10-4-6-15(8-10)12(17)9-14-5-2-3-11(14)16/h10,13H,2-9H2,1H3. The predicted octanol–water partition coefficient (Wildman–Crippen LogP) is -0.323. The van der Waals surface area contributed by atoms with E-state index in [-0.39, 0.29) is 18.4 Å². The van der Waals surface area contributed by atoms with Gasteiger partial charge in [-0.3, -0.25) is 9.59 Å². The molecule has 0 aliphatic carbocycles. The zero-order valence-electron chi connectivity index (χ0n) is 10.4. The van der Waals surface area contributed by atoms with Crippen LogP contribution >= 0.6 is 0 Å². The molecule has 1 unspecified atom stereocenters. The third-order valence-corrected chi connectivity index (χ3v) is 3.63. The van der Waals surface area contributed by atoms with Gasteiger partial charge in [0.2, 0.25) is 11.8 Å². The highest BCUT2D eigenvalue weighted by molar-refractivity contribution is 5.86. The Kier molecular flexibility index (Phi) is 3.99. The summed E-state index contributed by atoms with van der Waals surface area (Å²) in [6, 6.07) is 0. The second-order valence-corrected chi connectivity index (χ2v) is 4.97. The third kappa shape index (κ3) is 2.97. The van der Waals surface area contributed by atoms with Crippen molar-refractivity contribution in [1.82, 2.24) is 15.1 Å². The van der Waals surface area contributed by atoms with Crippen molar-refractivity contribution in [1.29, 1.82) is 0 Å². The van der Waals surface area contributed by atoms with E-state index in [1.54, 1.807) is 4.90 Å². The van der Waals surface area contributed by atoms with Gasteiger partial charge in [0.25, 0.3) is 0 Å². The summed E-state index contributed by atoms with van der Waals surface area (Å²) < 4.78 is 0. The quantitative estimate of drug-likeness (QED) is 0.731. The highest BCUT2D eigenvalue weighted by Crippen LogP contribution is 2.16. The average Bonchev–Trinajstić information content (AvgIpc) is 2.90. The van der Waals surface area contributed by atoms with Crippen molar-refractivity contribution in [2.75, 3.05) is 39.8 Å². The van der Waals surface area contributed by atoms with Crippen molar-refractivity contribution in [3.8, 4) is 0 Å². The zero-order valence-corrected chi connectivity index (χ0v) is 10.4. The van der Waals surface area contributed by atoms with Crippen LogP contribution in [-0.2, 0) is 9.59 Å². The molecule has 0 radical (unpaired) electrons. The first kappa shape index (κ1) is 12.4. The molecule has 2 fully saturated rings. The van der Waals surface area contributed by atoms with Gasteiger partial charge in [0, 0.05) is 26.1 Å². The fourth-order valence-corrected chi connectivity index (χ4v) is 2.65. The second-order valence-electron chi connectivity index (χ2n) is 4.97. The molecular formula is C12H21N3O2. The van der Waals surface area contributed by atoms with Crippen LogP contribution in [0.5, 0.6) is 0 Å². The smallest absolute Gasteiger partial charge is 0.242 e. The van der Waals surface area contributed by atoms with Crippen LogP contribution in [0.2, 0.25) is 0 Å². The molecule has 0 spiro atoms. The fraction of sp³-hybridized carbons (Fsp3) is 0.833. The Morgan fingerprint density at radius 2 is 2.29 bits per heavy atom. The summed E-state index contributed by atoms with van der Waals surface area (Å²) >= 11 is 0. The molecule has 2 saturated heterocycles. The van der Waals surface area contributed by atoms with Gasteiger partial charge >= 0.3 is 0 Å². The minimum Gasteiger partial charge on any atom is -0.341 e. The van der Waals surface area contributed by atoms with Gasteiger partial charge in [-0.15, -0.1) is 0 Å². The van der Waals surface area contributed by atoms with Crippen molar-refractivity contribution < 1.29 is 9.59 Å². The number of nitrogens with one attached hydrogen (secondary N) is 1. The molecule has 96 valence electrons. The van der Waals surface area contributed by atoms with Gasteiger partial charge in [0.1, 0.15) is 0 Å². The first-order valence-electron chi connectivity index (χ1n) is 6.41. The summed E-state index contributed by atoms with van der Waals surface area (Å²) in [5.74, 6) is 0.807. The van der Waals surface area contributed by atoms with Gasteiger partial charge in [-0.05, 0) is 32.4 Å². The maximum Gasteiger partial charge on any atom is 0.242 e. The maximum atomic E-state index is 12.0. The normalized spacial score (nSPS) is 24.8. The van der Waals surface area contributed by atoms with E-state index in [9.17, 15) is 9.59 Å². The van der Waals surface area contributed by atoms with Gasteiger partial charge in [0.15, 0.2) is 0 Å². The maximum absolute atomic E-state index is 12.0. The van der Waals surface area contributed by atoms with Crippen LogP contribution < -0.4 is 5.32 Å². The van der Waals surface area contributed by atoms with Crippen LogP contribution in [0.4, 0.5) is 0 Å². The molecule has 5 nitrogen and oxygen atoms in total. The number of hydrogen-bond donors (Lipinski definition) is 1. The van der Waals surface area contributed by atoms with E-state index >= 15 is 0 Å². The highest BCUT2D eigenvalue weighted by atomic mass is 16.2. The summed E-state index contributed by atoms with van der Waals surface area (Å²) in [6.07, 6.45) is 2.57. The number of hydrogen-bond acceptors (Lipinski definition) is 3. The van der Waals surface area contributed by atoms with Crippen LogP contribution in [-0.4, -0.2) is 61.4 Å². The lowest BCUT2D eigenvalue weighted by Crippen LogP contribution is -2.40. The minimum absolute atomic E-state index is 0.110. The number of likely N-dealkylation sites (tertiary alicyclic amines) is 2. The van der Waals surface area contributed by atoms with Crippen LogP contribution in [0, 0.1) is 5.92 Å². The molecule has 1 atom stereocenters. The first-order chi connectivity index (χ1) is 8.20. The number of nitrogens with zero attached hydrogens (tertiary/aromatic N) is 2. The van der Waals surface area contributed by atoms with Gasteiger partial charge in [-0.1, -0.05) is 0 Å². The fourth-order valence-electron chi connectivity index (χ4n) is 2.65. The number of carbonyl (C=O) groups is 2. The average molecular weight is 239 g/mol. The van der Waals surface area contributed by atoms with Crippen molar-refractivity contribution in [3.63, 3.8) is 0 Å². The molecule has 17 heavy (non-hydrogen) atoms. The van der Waals surface area contributed by atoms with Crippen LogP contribution in [0.3, 0.4) is 0 Å². The number of rotatable bonds is 4. The topological polar surface area (TPSA) is 52.7 Å². The largest absolute Gasteiger partial charge is 0.341 e. The Morgan fingerprint density at radius 3 is 2.94 bits per heavy atom. The van der Waals surface area contributed by atoms with E-state index in [1.807, 2.05) is 11.9 Å². The lowest BCUT2D eigenvalue weighted by molar-refractivity contribution is -0.137.